The van der Waals surface area contributed by atoms with Gasteiger partial charge in [-0.15, -0.1) is 24.0 Å². The molecule has 0 radical (unpaired) electrons. The first kappa shape index (κ1) is 18.2. The highest BCUT2D eigenvalue weighted by molar-refractivity contribution is 6.18. The minimum atomic E-state index is 0. The average Bonchev–Trinajstić information content (AvgIpc) is 2.57. The summed E-state index contributed by atoms with van der Waals surface area (Å²) in [6, 6.07) is 7.66. The van der Waals surface area contributed by atoms with Gasteiger partial charge in [0.25, 0.3) is 0 Å². The predicted molar refractivity (Wildman–Crippen MR) is 101 cm³/mol. The third kappa shape index (κ3) is 2.82. The second-order valence-electron chi connectivity index (χ2n) is 6.41. The van der Waals surface area contributed by atoms with Gasteiger partial charge in [0.2, 0.25) is 0 Å². The first-order valence-corrected chi connectivity index (χ1v) is 8.72. The van der Waals surface area contributed by atoms with Crippen molar-refractivity contribution in [3.05, 3.63) is 41.0 Å². The number of hydrogen-bond donors (Lipinski definition) is 2. The van der Waals surface area contributed by atoms with Crippen molar-refractivity contribution in [2.75, 3.05) is 26.1 Å². The molecule has 2 N–H and O–H groups in total. The van der Waals surface area contributed by atoms with E-state index >= 15 is 0 Å². The van der Waals surface area contributed by atoms with Crippen LogP contribution in [0.2, 0.25) is 0 Å². The van der Waals surface area contributed by atoms with E-state index in [1.165, 1.54) is 5.56 Å². The third-order valence-electron chi connectivity index (χ3n) is 5.19. The molecule has 2 aromatic carbocycles. The lowest BCUT2D eigenvalue weighted by atomic mass is 9.76. The smallest absolute Gasteiger partial charge is 0.165 e. The van der Waals surface area contributed by atoms with Gasteiger partial charge in [-0.25, -0.2) is 0 Å². The Balaban J connectivity index is 0.00000182. The summed E-state index contributed by atoms with van der Waals surface area (Å²) in [5, 5.41) is 20.8. The number of phenolic OH excluding ortho intramolecular Hbond substituents is 2. The number of nitrogens with zero attached hydrogens (tertiary/aromatic N) is 1. The molecule has 1 heterocycles. The fourth-order valence-corrected chi connectivity index (χ4v) is 4.39. The number of phenols is 2. The fraction of sp³-hybridized carbons (Fsp3) is 0.368. The monoisotopic (exact) mass is 381 g/mol. The van der Waals surface area contributed by atoms with E-state index in [1.807, 2.05) is 12.1 Å². The van der Waals surface area contributed by atoms with Crippen LogP contribution in [0.1, 0.15) is 22.7 Å². The highest BCUT2D eigenvalue weighted by Gasteiger charge is 2.36. The van der Waals surface area contributed by atoms with E-state index in [-0.39, 0.29) is 29.9 Å². The van der Waals surface area contributed by atoms with Gasteiger partial charge >= 0.3 is 0 Å². The Morgan fingerprint density at radius 2 is 2.04 bits per heavy atom. The topological polar surface area (TPSA) is 52.9 Å². The van der Waals surface area contributed by atoms with Crippen LogP contribution < -0.4 is 4.74 Å². The Kier molecular flexibility index (Phi) is 5.05. The SMILES string of the molecule is COc1ccc2c(c1O)-c1cc(O)cc3c1C(C2)N(CCCl)CC3.Cl. The molecule has 0 saturated carbocycles. The molecule has 4 rings (SSSR count). The lowest BCUT2D eigenvalue weighted by Gasteiger charge is -2.41. The quantitative estimate of drug-likeness (QED) is 0.791. The molecule has 25 heavy (non-hydrogen) atoms. The van der Waals surface area contributed by atoms with E-state index in [0.29, 0.717) is 11.6 Å². The highest BCUT2D eigenvalue weighted by atomic mass is 35.5. The Bertz CT molecular complexity index is 810. The van der Waals surface area contributed by atoms with Crippen LogP contribution in [0.5, 0.6) is 17.2 Å². The summed E-state index contributed by atoms with van der Waals surface area (Å²) in [5.41, 5.74) is 5.13. The molecule has 6 heteroatoms. The summed E-state index contributed by atoms with van der Waals surface area (Å²) >= 11 is 5.99. The first-order valence-electron chi connectivity index (χ1n) is 8.19. The van der Waals surface area contributed by atoms with Crippen molar-refractivity contribution in [1.29, 1.82) is 0 Å². The molecule has 0 spiro atoms. The molecule has 2 aromatic rings. The van der Waals surface area contributed by atoms with E-state index in [2.05, 4.69) is 4.90 Å². The van der Waals surface area contributed by atoms with Crippen LogP contribution in [-0.2, 0) is 12.8 Å². The number of methoxy groups -OCH3 is 1. The maximum Gasteiger partial charge on any atom is 0.165 e. The minimum absolute atomic E-state index is 0. The van der Waals surface area contributed by atoms with Crippen LogP contribution in [0, 0.1) is 0 Å². The number of halogens is 2. The molecule has 134 valence electrons. The maximum atomic E-state index is 10.7. The summed E-state index contributed by atoms with van der Waals surface area (Å²) in [7, 11) is 1.55. The van der Waals surface area contributed by atoms with Gasteiger partial charge in [-0.2, -0.15) is 0 Å². The zero-order valence-corrected chi connectivity index (χ0v) is 15.5. The van der Waals surface area contributed by atoms with E-state index in [0.717, 1.165) is 48.2 Å². The van der Waals surface area contributed by atoms with Crippen molar-refractivity contribution in [2.24, 2.45) is 0 Å². The molecule has 0 fully saturated rings. The van der Waals surface area contributed by atoms with E-state index in [4.69, 9.17) is 16.3 Å². The van der Waals surface area contributed by atoms with Gasteiger partial charge in [0.1, 0.15) is 5.75 Å². The molecule has 0 amide bonds. The molecular formula is C19H21Cl2NO3. The Morgan fingerprint density at radius 3 is 2.76 bits per heavy atom. The summed E-state index contributed by atoms with van der Waals surface area (Å²) < 4.78 is 5.27. The van der Waals surface area contributed by atoms with Gasteiger partial charge in [-0.1, -0.05) is 6.07 Å². The van der Waals surface area contributed by atoms with Gasteiger partial charge in [-0.05, 0) is 53.3 Å². The highest BCUT2D eigenvalue weighted by Crippen LogP contribution is 2.51. The standard InChI is InChI=1S/C19H20ClNO3.ClH/c1-24-16-3-2-11-9-15-17-12(4-6-21(15)7-5-20)8-13(22)10-14(17)18(11)19(16)23;/h2-3,8,10,15,22-23H,4-7,9H2,1H3;1H. The maximum absolute atomic E-state index is 10.7. The van der Waals surface area contributed by atoms with Gasteiger partial charge in [0, 0.05) is 30.6 Å². The molecule has 2 aliphatic rings. The van der Waals surface area contributed by atoms with Crippen LogP contribution in [0.15, 0.2) is 24.3 Å². The molecule has 1 aliphatic carbocycles. The van der Waals surface area contributed by atoms with E-state index < -0.39 is 0 Å². The normalized spacial score (nSPS) is 18.1. The molecule has 1 atom stereocenters. The van der Waals surface area contributed by atoms with Crippen molar-refractivity contribution in [1.82, 2.24) is 4.90 Å². The van der Waals surface area contributed by atoms with Gasteiger partial charge in [0.15, 0.2) is 11.5 Å². The van der Waals surface area contributed by atoms with Gasteiger partial charge < -0.3 is 14.9 Å². The molecular weight excluding hydrogens is 361 g/mol. The molecule has 4 nitrogen and oxygen atoms in total. The average molecular weight is 382 g/mol. The van der Waals surface area contributed by atoms with Crippen molar-refractivity contribution >= 4 is 24.0 Å². The largest absolute Gasteiger partial charge is 0.508 e. The van der Waals surface area contributed by atoms with Crippen LogP contribution >= 0.6 is 24.0 Å². The van der Waals surface area contributed by atoms with Gasteiger partial charge in [0.05, 0.1) is 7.11 Å². The number of ether oxygens (including phenoxy) is 1. The van der Waals surface area contributed by atoms with Crippen molar-refractivity contribution < 1.29 is 14.9 Å². The van der Waals surface area contributed by atoms with Crippen molar-refractivity contribution in [3.8, 4) is 28.4 Å². The number of benzene rings is 2. The van der Waals surface area contributed by atoms with Gasteiger partial charge in [-0.3, -0.25) is 4.90 Å². The Labute approximate surface area is 158 Å². The molecule has 0 bridgehead atoms. The summed E-state index contributed by atoms with van der Waals surface area (Å²) in [5.74, 6) is 1.44. The van der Waals surface area contributed by atoms with Crippen LogP contribution in [0.25, 0.3) is 11.1 Å². The molecule has 0 saturated heterocycles. The number of aromatic hydroxyl groups is 2. The molecule has 0 aromatic heterocycles. The van der Waals surface area contributed by atoms with Crippen molar-refractivity contribution in [2.45, 2.75) is 18.9 Å². The fourth-order valence-electron chi connectivity index (χ4n) is 4.17. The van der Waals surface area contributed by atoms with Crippen LogP contribution in [0.4, 0.5) is 0 Å². The second kappa shape index (κ2) is 6.94. The van der Waals surface area contributed by atoms with Crippen LogP contribution in [-0.4, -0.2) is 41.2 Å². The van der Waals surface area contributed by atoms with Crippen molar-refractivity contribution in [3.63, 3.8) is 0 Å². The third-order valence-corrected chi connectivity index (χ3v) is 5.36. The van der Waals surface area contributed by atoms with E-state index in [1.54, 1.807) is 19.2 Å². The number of alkyl halides is 1. The van der Waals surface area contributed by atoms with E-state index in [9.17, 15) is 10.2 Å². The van der Waals surface area contributed by atoms with Crippen LogP contribution in [0.3, 0.4) is 0 Å². The minimum Gasteiger partial charge on any atom is -0.508 e. The zero-order chi connectivity index (χ0) is 16.8. The number of rotatable bonds is 3. The predicted octanol–water partition coefficient (Wildman–Crippen LogP) is 3.89. The molecule has 1 unspecified atom stereocenters. The Hall–Kier alpha value is -1.62. The lowest BCUT2D eigenvalue weighted by molar-refractivity contribution is 0.193. The lowest BCUT2D eigenvalue weighted by Crippen LogP contribution is -2.39. The number of hydrogen-bond acceptors (Lipinski definition) is 4. The first-order chi connectivity index (χ1) is 11.6. The summed E-state index contributed by atoms with van der Waals surface area (Å²) in [6.45, 7) is 1.77. The molecule has 1 aliphatic heterocycles. The second-order valence-corrected chi connectivity index (χ2v) is 6.79. The summed E-state index contributed by atoms with van der Waals surface area (Å²) in [4.78, 5) is 2.40. The zero-order valence-electron chi connectivity index (χ0n) is 14.0. The Morgan fingerprint density at radius 1 is 1.24 bits per heavy atom. The number of fused-ring (bicyclic) bond motifs is 2. The summed E-state index contributed by atoms with van der Waals surface area (Å²) in [6.07, 6.45) is 1.71.